The van der Waals surface area contributed by atoms with Crippen molar-refractivity contribution in [1.82, 2.24) is 4.98 Å². The van der Waals surface area contributed by atoms with Crippen molar-refractivity contribution >= 4 is 21.9 Å². The van der Waals surface area contributed by atoms with Crippen molar-refractivity contribution in [3.63, 3.8) is 0 Å². The van der Waals surface area contributed by atoms with Gasteiger partial charge in [-0.1, -0.05) is 0 Å². The molecule has 0 aliphatic heterocycles. The molecule has 0 bridgehead atoms. The fraction of sp³-hybridized carbons (Fsp3) is 0.300. The van der Waals surface area contributed by atoms with Crippen molar-refractivity contribution in [1.29, 1.82) is 5.26 Å². The number of carbonyl (C=O) groups is 1. The molecule has 1 rings (SSSR count). The molecule has 0 aliphatic rings. The average molecular weight is 305 g/mol. The zero-order chi connectivity index (χ0) is 13.0. The van der Waals surface area contributed by atoms with Gasteiger partial charge in [0.05, 0.1) is 23.3 Å². The van der Waals surface area contributed by atoms with Crippen LogP contribution in [0.2, 0.25) is 0 Å². The molecular weight excluding hydrogens is 298 g/mol. The summed E-state index contributed by atoms with van der Waals surface area (Å²) in [5.41, 5.74) is -1.27. The van der Waals surface area contributed by atoms with E-state index in [-0.39, 0.29) is 16.8 Å². The summed E-state index contributed by atoms with van der Waals surface area (Å²) in [5, 5.41) is 8.85. The van der Waals surface area contributed by atoms with Crippen molar-refractivity contribution in [3.8, 4) is 6.07 Å². The van der Waals surface area contributed by atoms with Crippen LogP contribution in [0.25, 0.3) is 0 Å². The van der Waals surface area contributed by atoms with E-state index in [0.29, 0.717) is 0 Å². The van der Waals surface area contributed by atoms with Crippen LogP contribution in [0.15, 0.2) is 10.8 Å². The minimum absolute atomic E-state index is 0.0871. The Morgan fingerprint density at radius 2 is 2.35 bits per heavy atom. The highest BCUT2D eigenvalue weighted by Gasteiger charge is 2.24. The Bertz CT molecular complexity index is 486. The van der Waals surface area contributed by atoms with Crippen molar-refractivity contribution < 1.29 is 18.3 Å². The predicted molar refractivity (Wildman–Crippen MR) is 57.6 cm³/mol. The van der Waals surface area contributed by atoms with Crippen molar-refractivity contribution in [2.45, 2.75) is 13.3 Å². The van der Waals surface area contributed by atoms with Crippen LogP contribution in [-0.2, 0) is 4.74 Å². The molecule has 90 valence electrons. The minimum Gasteiger partial charge on any atom is -0.462 e. The number of esters is 1. The van der Waals surface area contributed by atoms with E-state index in [4.69, 9.17) is 5.26 Å². The van der Waals surface area contributed by atoms with Crippen molar-refractivity contribution in [2.75, 3.05) is 6.61 Å². The van der Waals surface area contributed by atoms with Gasteiger partial charge >= 0.3 is 5.97 Å². The van der Waals surface area contributed by atoms with Crippen LogP contribution in [0.4, 0.5) is 8.78 Å². The smallest absolute Gasteiger partial charge is 0.341 e. The molecule has 0 N–H and O–H groups in total. The second kappa shape index (κ2) is 5.68. The zero-order valence-corrected chi connectivity index (χ0v) is 10.3. The van der Waals surface area contributed by atoms with E-state index in [9.17, 15) is 13.6 Å². The molecule has 1 heterocycles. The zero-order valence-electron chi connectivity index (χ0n) is 8.71. The normalized spacial score (nSPS) is 10.1. The number of hydrogen-bond acceptors (Lipinski definition) is 4. The summed E-state index contributed by atoms with van der Waals surface area (Å²) >= 11 is 2.82. The molecule has 0 unspecified atom stereocenters. The first kappa shape index (κ1) is 13.5. The van der Waals surface area contributed by atoms with E-state index in [1.54, 1.807) is 13.0 Å². The van der Waals surface area contributed by atoms with Gasteiger partial charge in [0.1, 0.15) is 10.7 Å². The van der Waals surface area contributed by atoms with E-state index >= 15 is 0 Å². The number of pyridine rings is 1. The fourth-order valence-corrected chi connectivity index (χ4v) is 1.66. The van der Waals surface area contributed by atoms with Crippen molar-refractivity contribution in [2.24, 2.45) is 0 Å². The van der Waals surface area contributed by atoms with Gasteiger partial charge in [0.2, 0.25) is 0 Å². The number of aromatic nitrogens is 1. The molecule has 0 aliphatic carbocycles. The average Bonchev–Trinajstić information content (AvgIpc) is 2.27. The lowest BCUT2D eigenvalue weighted by atomic mass is 10.1. The van der Waals surface area contributed by atoms with Crippen LogP contribution in [0.1, 0.15) is 34.8 Å². The summed E-state index contributed by atoms with van der Waals surface area (Å²) in [6.45, 7) is 1.66. The lowest BCUT2D eigenvalue weighted by molar-refractivity contribution is 0.0525. The maximum atomic E-state index is 12.7. The standard InChI is InChI=1S/C10H7BrF2N2O2/c1-2-17-10(16)6-4-15-8(11)7(9(12)13)5(6)3-14/h4,9H,2H2,1H3. The van der Waals surface area contributed by atoms with Gasteiger partial charge < -0.3 is 4.74 Å². The molecule has 0 saturated heterocycles. The molecule has 0 spiro atoms. The quantitative estimate of drug-likeness (QED) is 0.636. The molecule has 1 aromatic heterocycles. The van der Waals surface area contributed by atoms with Crippen LogP contribution in [0, 0.1) is 11.3 Å². The van der Waals surface area contributed by atoms with E-state index < -0.39 is 23.5 Å². The molecule has 0 atom stereocenters. The molecule has 0 saturated carbocycles. The Labute approximate surface area is 104 Å². The highest BCUT2D eigenvalue weighted by molar-refractivity contribution is 9.10. The van der Waals surface area contributed by atoms with E-state index in [1.807, 2.05) is 0 Å². The third kappa shape index (κ3) is 2.77. The van der Waals surface area contributed by atoms with Gasteiger partial charge in [0, 0.05) is 6.20 Å². The molecule has 1 aromatic rings. The number of hydrogen-bond donors (Lipinski definition) is 0. The summed E-state index contributed by atoms with van der Waals surface area (Å²) in [7, 11) is 0. The molecule has 4 nitrogen and oxygen atoms in total. The molecule has 17 heavy (non-hydrogen) atoms. The Balaban J connectivity index is 3.39. The third-order valence-corrected chi connectivity index (χ3v) is 2.53. The summed E-state index contributed by atoms with van der Waals surface area (Å²) in [6.07, 6.45) is -1.87. The van der Waals surface area contributed by atoms with E-state index in [2.05, 4.69) is 25.7 Å². The Morgan fingerprint density at radius 3 is 2.82 bits per heavy atom. The van der Waals surface area contributed by atoms with Crippen LogP contribution in [0.3, 0.4) is 0 Å². The Kier molecular flexibility index (Phi) is 4.52. The first-order chi connectivity index (χ1) is 8.02. The van der Waals surface area contributed by atoms with Crippen LogP contribution in [-0.4, -0.2) is 17.6 Å². The van der Waals surface area contributed by atoms with Gasteiger partial charge in [-0.25, -0.2) is 18.6 Å². The Hall–Kier alpha value is -1.55. The number of alkyl halides is 2. The first-order valence-corrected chi connectivity index (χ1v) is 5.36. The van der Waals surface area contributed by atoms with Crippen LogP contribution < -0.4 is 0 Å². The predicted octanol–water partition coefficient (Wildman–Crippen LogP) is 2.83. The third-order valence-electron chi connectivity index (χ3n) is 1.89. The second-order valence-corrected chi connectivity index (χ2v) is 3.64. The second-order valence-electron chi connectivity index (χ2n) is 2.88. The highest BCUT2D eigenvalue weighted by Crippen LogP contribution is 2.30. The first-order valence-electron chi connectivity index (χ1n) is 4.56. The summed E-state index contributed by atoms with van der Waals surface area (Å²) in [6, 6.07) is 1.57. The number of halogens is 3. The van der Waals surface area contributed by atoms with Crippen LogP contribution >= 0.6 is 15.9 Å². The number of ether oxygens (including phenoxy) is 1. The van der Waals surface area contributed by atoms with Gasteiger partial charge in [-0.2, -0.15) is 5.26 Å². The summed E-state index contributed by atoms with van der Waals surface area (Å²) in [4.78, 5) is 15.0. The van der Waals surface area contributed by atoms with Gasteiger partial charge in [0.25, 0.3) is 6.43 Å². The minimum atomic E-state index is -2.90. The Morgan fingerprint density at radius 1 is 1.71 bits per heavy atom. The highest BCUT2D eigenvalue weighted by atomic mass is 79.9. The fourth-order valence-electron chi connectivity index (χ4n) is 1.19. The van der Waals surface area contributed by atoms with Gasteiger partial charge in [0.15, 0.2) is 0 Å². The lowest BCUT2D eigenvalue weighted by Gasteiger charge is -2.09. The molecule has 0 aromatic carbocycles. The van der Waals surface area contributed by atoms with E-state index in [1.165, 1.54) is 0 Å². The summed E-state index contributed by atoms with van der Waals surface area (Å²) < 4.78 is 30.0. The number of carbonyl (C=O) groups excluding carboxylic acids is 1. The number of rotatable bonds is 3. The van der Waals surface area contributed by atoms with Gasteiger partial charge in [-0.15, -0.1) is 0 Å². The molecule has 0 fully saturated rings. The maximum Gasteiger partial charge on any atom is 0.341 e. The van der Waals surface area contributed by atoms with Crippen molar-refractivity contribution in [3.05, 3.63) is 27.5 Å². The lowest BCUT2D eigenvalue weighted by Crippen LogP contribution is -2.10. The molecule has 0 radical (unpaired) electrons. The molecular formula is C10H7BrF2N2O2. The summed E-state index contributed by atoms with van der Waals surface area (Å²) in [5.74, 6) is -0.842. The van der Waals surface area contributed by atoms with Gasteiger partial charge in [-0.05, 0) is 22.9 Å². The number of nitrogens with zero attached hydrogens (tertiary/aromatic N) is 2. The monoisotopic (exact) mass is 304 g/mol. The topological polar surface area (TPSA) is 63.0 Å². The largest absolute Gasteiger partial charge is 0.462 e. The maximum absolute atomic E-state index is 12.7. The van der Waals surface area contributed by atoms with Crippen LogP contribution in [0.5, 0.6) is 0 Å². The molecule has 0 amide bonds. The molecule has 7 heteroatoms. The number of nitriles is 1. The van der Waals surface area contributed by atoms with Gasteiger partial charge in [-0.3, -0.25) is 0 Å². The SMILES string of the molecule is CCOC(=O)c1cnc(Br)c(C(F)F)c1C#N. The van der Waals surface area contributed by atoms with E-state index in [0.717, 1.165) is 6.20 Å².